The molecule has 20 heavy (non-hydrogen) atoms. The molecule has 5 heteroatoms. The average Bonchev–Trinajstić information content (AvgIpc) is 2.82. The van der Waals surface area contributed by atoms with E-state index in [1.165, 1.54) is 6.07 Å². The van der Waals surface area contributed by atoms with Crippen molar-refractivity contribution in [1.82, 2.24) is 15.0 Å². The summed E-state index contributed by atoms with van der Waals surface area (Å²) in [6.07, 6.45) is 0. The third-order valence-corrected chi connectivity index (χ3v) is 3.35. The van der Waals surface area contributed by atoms with Gasteiger partial charge in [-0.3, -0.25) is 0 Å². The first-order valence-corrected chi connectivity index (χ1v) is 6.51. The van der Waals surface area contributed by atoms with Gasteiger partial charge < -0.3 is 0 Å². The van der Waals surface area contributed by atoms with Gasteiger partial charge in [0.25, 0.3) is 0 Å². The summed E-state index contributed by atoms with van der Waals surface area (Å²) in [4.78, 5) is 0. The van der Waals surface area contributed by atoms with Crippen LogP contribution in [0.1, 0.15) is 5.56 Å². The van der Waals surface area contributed by atoms with Gasteiger partial charge in [-0.1, -0.05) is 59.3 Å². The number of halogens is 2. The third-order valence-electron chi connectivity index (χ3n) is 2.98. The van der Waals surface area contributed by atoms with Gasteiger partial charge in [0.15, 0.2) is 5.15 Å². The van der Waals surface area contributed by atoms with Gasteiger partial charge in [-0.2, -0.15) is 0 Å². The van der Waals surface area contributed by atoms with E-state index in [0.29, 0.717) is 23.0 Å². The molecule has 0 spiro atoms. The summed E-state index contributed by atoms with van der Waals surface area (Å²) in [6, 6.07) is 16.2. The van der Waals surface area contributed by atoms with E-state index in [1.807, 2.05) is 30.3 Å². The molecule has 0 unspecified atom stereocenters. The standard InChI is InChI=1S/C15H11ClFN3/c16-15-14(12-8-4-5-9-13(12)17)18-19-20(15)10-11-6-2-1-3-7-11/h1-9H,10H2. The van der Waals surface area contributed by atoms with Crippen molar-refractivity contribution in [3.8, 4) is 11.3 Å². The van der Waals surface area contributed by atoms with Crippen LogP contribution >= 0.6 is 11.6 Å². The van der Waals surface area contributed by atoms with Crippen molar-refractivity contribution < 1.29 is 4.39 Å². The van der Waals surface area contributed by atoms with Crippen LogP contribution in [0.2, 0.25) is 5.15 Å². The van der Waals surface area contributed by atoms with Gasteiger partial charge in [0.1, 0.15) is 11.5 Å². The fourth-order valence-corrected chi connectivity index (χ4v) is 2.21. The Morgan fingerprint density at radius 2 is 1.70 bits per heavy atom. The Morgan fingerprint density at radius 3 is 2.45 bits per heavy atom. The van der Waals surface area contributed by atoms with E-state index in [4.69, 9.17) is 11.6 Å². The summed E-state index contributed by atoms with van der Waals surface area (Å²) in [6.45, 7) is 0.501. The average molecular weight is 288 g/mol. The molecule has 0 N–H and O–H groups in total. The van der Waals surface area contributed by atoms with Crippen LogP contribution in [0.15, 0.2) is 54.6 Å². The molecule has 3 nitrogen and oxygen atoms in total. The zero-order chi connectivity index (χ0) is 13.9. The Kier molecular flexibility index (Phi) is 3.48. The first-order valence-electron chi connectivity index (χ1n) is 6.13. The first-order chi connectivity index (χ1) is 9.75. The van der Waals surface area contributed by atoms with Crippen LogP contribution in [0.25, 0.3) is 11.3 Å². The summed E-state index contributed by atoms with van der Waals surface area (Å²) in [5.41, 5.74) is 1.77. The summed E-state index contributed by atoms with van der Waals surface area (Å²) in [5, 5.41) is 8.31. The van der Waals surface area contributed by atoms with Crippen molar-refractivity contribution in [2.75, 3.05) is 0 Å². The highest BCUT2D eigenvalue weighted by atomic mass is 35.5. The molecule has 3 aromatic rings. The fraction of sp³-hybridized carbons (Fsp3) is 0.0667. The molecule has 0 radical (unpaired) electrons. The molecule has 3 rings (SSSR count). The molecule has 1 heterocycles. The number of hydrogen-bond donors (Lipinski definition) is 0. The zero-order valence-electron chi connectivity index (χ0n) is 10.5. The van der Waals surface area contributed by atoms with Crippen LogP contribution in [0, 0.1) is 5.82 Å². The van der Waals surface area contributed by atoms with Crippen molar-refractivity contribution in [1.29, 1.82) is 0 Å². The topological polar surface area (TPSA) is 30.7 Å². The van der Waals surface area contributed by atoms with Gasteiger partial charge in [-0.15, -0.1) is 5.10 Å². The van der Waals surface area contributed by atoms with Crippen LogP contribution < -0.4 is 0 Å². The highest BCUT2D eigenvalue weighted by Crippen LogP contribution is 2.27. The minimum Gasteiger partial charge on any atom is -0.229 e. The number of aromatic nitrogens is 3. The molecule has 0 saturated heterocycles. The maximum Gasteiger partial charge on any atom is 0.155 e. The maximum absolute atomic E-state index is 13.8. The van der Waals surface area contributed by atoms with Gasteiger partial charge in [0, 0.05) is 5.56 Å². The number of rotatable bonds is 3. The SMILES string of the molecule is Fc1ccccc1-c1nnn(Cc2ccccc2)c1Cl. The van der Waals surface area contributed by atoms with Crippen molar-refractivity contribution in [3.63, 3.8) is 0 Å². The van der Waals surface area contributed by atoms with Gasteiger partial charge in [-0.25, -0.2) is 9.07 Å². The largest absolute Gasteiger partial charge is 0.229 e. The van der Waals surface area contributed by atoms with Crippen molar-refractivity contribution >= 4 is 11.6 Å². The van der Waals surface area contributed by atoms with Gasteiger partial charge in [0.05, 0.1) is 6.54 Å². The van der Waals surface area contributed by atoms with E-state index < -0.39 is 0 Å². The Morgan fingerprint density at radius 1 is 1.00 bits per heavy atom. The molecule has 0 amide bonds. The Hall–Kier alpha value is -2.20. The van der Waals surface area contributed by atoms with E-state index in [1.54, 1.807) is 22.9 Å². The van der Waals surface area contributed by atoms with E-state index in [2.05, 4.69) is 10.3 Å². The predicted molar refractivity (Wildman–Crippen MR) is 76.0 cm³/mol. The van der Waals surface area contributed by atoms with Crippen molar-refractivity contribution in [3.05, 3.63) is 71.1 Å². The summed E-state index contributed by atoms with van der Waals surface area (Å²) in [7, 11) is 0. The molecule has 2 aromatic carbocycles. The van der Waals surface area contributed by atoms with Crippen molar-refractivity contribution in [2.24, 2.45) is 0 Å². The van der Waals surface area contributed by atoms with Crippen LogP contribution in [-0.4, -0.2) is 15.0 Å². The molecule has 1 aromatic heterocycles. The van der Waals surface area contributed by atoms with E-state index in [0.717, 1.165) is 5.56 Å². The second-order valence-corrected chi connectivity index (χ2v) is 4.71. The number of benzene rings is 2. The van der Waals surface area contributed by atoms with E-state index in [9.17, 15) is 4.39 Å². The van der Waals surface area contributed by atoms with E-state index >= 15 is 0 Å². The smallest absolute Gasteiger partial charge is 0.155 e. The van der Waals surface area contributed by atoms with Gasteiger partial charge in [0.2, 0.25) is 0 Å². The van der Waals surface area contributed by atoms with Crippen molar-refractivity contribution in [2.45, 2.75) is 6.54 Å². The molecule has 0 bridgehead atoms. The predicted octanol–water partition coefficient (Wildman–Crippen LogP) is 3.79. The fourth-order valence-electron chi connectivity index (χ4n) is 1.98. The lowest BCUT2D eigenvalue weighted by molar-refractivity contribution is 0.630. The third kappa shape index (κ3) is 2.42. The highest BCUT2D eigenvalue weighted by molar-refractivity contribution is 6.32. The molecule has 100 valence electrons. The molecular formula is C15H11ClFN3. The molecule has 0 atom stereocenters. The Labute approximate surface area is 120 Å². The quantitative estimate of drug-likeness (QED) is 0.734. The summed E-state index contributed by atoms with van der Waals surface area (Å²) in [5.74, 6) is -0.360. The summed E-state index contributed by atoms with van der Waals surface area (Å²) < 4.78 is 15.3. The molecule has 0 fully saturated rings. The lowest BCUT2D eigenvalue weighted by Crippen LogP contribution is -2.01. The minimum atomic E-state index is -0.360. The highest BCUT2D eigenvalue weighted by Gasteiger charge is 2.15. The molecule has 0 aliphatic rings. The number of nitrogens with zero attached hydrogens (tertiary/aromatic N) is 3. The zero-order valence-corrected chi connectivity index (χ0v) is 11.3. The number of hydrogen-bond acceptors (Lipinski definition) is 2. The maximum atomic E-state index is 13.8. The Bertz CT molecular complexity index is 725. The van der Waals surface area contributed by atoms with Gasteiger partial charge >= 0.3 is 0 Å². The second-order valence-electron chi connectivity index (χ2n) is 4.35. The van der Waals surface area contributed by atoms with Crippen LogP contribution in [0.5, 0.6) is 0 Å². The monoisotopic (exact) mass is 287 g/mol. The van der Waals surface area contributed by atoms with E-state index in [-0.39, 0.29) is 5.82 Å². The molecule has 0 aliphatic heterocycles. The summed E-state index contributed by atoms with van der Waals surface area (Å²) >= 11 is 6.25. The molecule has 0 aliphatic carbocycles. The normalized spacial score (nSPS) is 10.7. The molecular weight excluding hydrogens is 277 g/mol. The lowest BCUT2D eigenvalue weighted by atomic mass is 10.1. The van der Waals surface area contributed by atoms with Crippen LogP contribution in [-0.2, 0) is 6.54 Å². The minimum absolute atomic E-state index is 0.332. The molecule has 0 saturated carbocycles. The van der Waals surface area contributed by atoms with Crippen LogP contribution in [0.4, 0.5) is 4.39 Å². The first kappa shape index (κ1) is 12.8. The Balaban J connectivity index is 1.95. The lowest BCUT2D eigenvalue weighted by Gasteiger charge is -2.03. The van der Waals surface area contributed by atoms with Crippen LogP contribution in [0.3, 0.4) is 0 Å². The van der Waals surface area contributed by atoms with Gasteiger partial charge in [-0.05, 0) is 17.7 Å². The second kappa shape index (κ2) is 5.43.